The van der Waals surface area contributed by atoms with E-state index in [0.29, 0.717) is 24.9 Å². The summed E-state index contributed by atoms with van der Waals surface area (Å²) in [7, 11) is 0. The van der Waals surface area contributed by atoms with Gasteiger partial charge in [0, 0.05) is 56.2 Å². The van der Waals surface area contributed by atoms with Crippen LogP contribution < -0.4 is 5.32 Å². The molecule has 8 nitrogen and oxygen atoms in total. The highest BCUT2D eigenvalue weighted by Gasteiger charge is 2.47. The maximum atomic E-state index is 11.6. The molecule has 1 N–H and O–H groups in total. The fourth-order valence-corrected chi connectivity index (χ4v) is 5.51. The maximum Gasteiger partial charge on any atom is 0.222 e. The minimum Gasteiger partial charge on any atom is -0.379 e. The summed E-state index contributed by atoms with van der Waals surface area (Å²) in [6, 6.07) is 2.23. The van der Waals surface area contributed by atoms with Crippen molar-refractivity contribution in [3.63, 3.8) is 0 Å². The van der Waals surface area contributed by atoms with Crippen LogP contribution in [0, 0.1) is 5.92 Å². The van der Waals surface area contributed by atoms with Gasteiger partial charge in [-0.15, -0.1) is 0 Å². The third-order valence-corrected chi connectivity index (χ3v) is 7.12. The molecule has 1 spiro atoms. The van der Waals surface area contributed by atoms with E-state index in [1.54, 1.807) is 0 Å². The number of anilines is 1. The Morgan fingerprint density at radius 2 is 2.19 bits per heavy atom. The molecule has 3 atom stereocenters. The first-order valence-corrected chi connectivity index (χ1v) is 11.5. The van der Waals surface area contributed by atoms with Crippen molar-refractivity contribution in [2.45, 2.75) is 44.2 Å². The molecular formula is C24H28N4O4. The van der Waals surface area contributed by atoms with Gasteiger partial charge in [-0.05, 0) is 25.3 Å². The molecular weight excluding hydrogens is 408 g/mol. The van der Waals surface area contributed by atoms with Gasteiger partial charge < -0.3 is 24.1 Å². The number of hydrogen-bond donors (Lipinski definition) is 1. The number of pyridine rings is 1. The highest BCUT2D eigenvalue weighted by Crippen LogP contribution is 2.41. The first kappa shape index (κ1) is 20.1. The van der Waals surface area contributed by atoms with Crippen LogP contribution in [0.5, 0.6) is 0 Å². The largest absolute Gasteiger partial charge is 0.379 e. The highest BCUT2D eigenvalue weighted by atomic mass is 16.6. The molecule has 0 bridgehead atoms. The second-order valence-electron chi connectivity index (χ2n) is 9.19. The normalized spacial score (nSPS) is 29.8. The van der Waals surface area contributed by atoms with Crippen molar-refractivity contribution < 1.29 is 19.0 Å². The van der Waals surface area contributed by atoms with Gasteiger partial charge in [-0.3, -0.25) is 9.79 Å². The number of hydrogen-bond acceptors (Lipinski definition) is 6. The molecule has 4 aliphatic heterocycles. The standard InChI is InChI=1S/C24H28N4O4/c1-15(29)26-22-10-18-19(12-28(21(18)11-25-22)17-5-7-30-13-17)20-3-2-16-4-8-32-24(23(16)27-20)6-9-31-14-24/h3,10-12,16-17H,2,4-9,13-14H2,1H3,(H,25,26,29)/t16?,17-,24?/m1/s1. The summed E-state index contributed by atoms with van der Waals surface area (Å²) in [5.41, 5.74) is 3.83. The minimum absolute atomic E-state index is 0.135. The van der Waals surface area contributed by atoms with E-state index in [-0.39, 0.29) is 17.6 Å². The van der Waals surface area contributed by atoms with Crippen molar-refractivity contribution in [2.75, 3.05) is 38.4 Å². The lowest BCUT2D eigenvalue weighted by Gasteiger charge is -2.40. The van der Waals surface area contributed by atoms with Crippen LogP contribution in [-0.2, 0) is 19.0 Å². The van der Waals surface area contributed by atoms with E-state index < -0.39 is 0 Å². The highest BCUT2D eigenvalue weighted by molar-refractivity contribution is 6.03. The number of allylic oxidation sites excluding steroid dienone is 1. The van der Waals surface area contributed by atoms with E-state index in [0.717, 1.165) is 73.4 Å². The molecule has 0 saturated carbocycles. The zero-order valence-electron chi connectivity index (χ0n) is 18.3. The Hall–Kier alpha value is -2.55. The van der Waals surface area contributed by atoms with E-state index in [1.807, 2.05) is 12.3 Å². The van der Waals surface area contributed by atoms with Gasteiger partial charge in [0.05, 0.1) is 42.4 Å². The Kier molecular flexibility index (Phi) is 4.89. The summed E-state index contributed by atoms with van der Waals surface area (Å²) < 4.78 is 19.9. The van der Waals surface area contributed by atoms with Gasteiger partial charge in [-0.2, -0.15) is 0 Å². The number of rotatable bonds is 3. The molecule has 32 heavy (non-hydrogen) atoms. The third kappa shape index (κ3) is 3.29. The Morgan fingerprint density at radius 3 is 2.97 bits per heavy atom. The first-order chi connectivity index (χ1) is 15.6. The van der Waals surface area contributed by atoms with Crippen LogP contribution in [0.4, 0.5) is 5.82 Å². The van der Waals surface area contributed by atoms with Crippen molar-refractivity contribution in [3.8, 4) is 0 Å². The zero-order chi connectivity index (χ0) is 21.7. The quantitative estimate of drug-likeness (QED) is 0.798. The Labute approximate surface area is 186 Å². The number of aromatic nitrogens is 2. The molecule has 3 saturated heterocycles. The van der Waals surface area contributed by atoms with Crippen LogP contribution in [-0.4, -0.2) is 59.8 Å². The molecule has 8 heteroatoms. The monoisotopic (exact) mass is 436 g/mol. The number of aliphatic imine (C=N–C) groups is 1. The van der Waals surface area contributed by atoms with Crippen LogP contribution in [0.3, 0.4) is 0 Å². The van der Waals surface area contributed by atoms with Gasteiger partial charge in [0.25, 0.3) is 0 Å². The third-order valence-electron chi connectivity index (χ3n) is 7.12. The molecule has 4 aliphatic rings. The first-order valence-electron chi connectivity index (χ1n) is 11.5. The predicted molar refractivity (Wildman–Crippen MR) is 121 cm³/mol. The van der Waals surface area contributed by atoms with Crippen molar-refractivity contribution in [3.05, 3.63) is 30.1 Å². The molecule has 0 aromatic carbocycles. The number of ether oxygens (including phenoxy) is 3. The fraction of sp³-hybridized carbons (Fsp3) is 0.542. The molecule has 2 aromatic rings. The van der Waals surface area contributed by atoms with Gasteiger partial charge in [-0.1, -0.05) is 6.08 Å². The topological polar surface area (TPSA) is 87.0 Å². The summed E-state index contributed by atoms with van der Waals surface area (Å²) in [5, 5.41) is 3.85. The molecule has 1 amide bonds. The lowest BCUT2D eigenvalue weighted by Crippen LogP contribution is -2.50. The van der Waals surface area contributed by atoms with E-state index in [1.165, 1.54) is 6.92 Å². The summed E-state index contributed by atoms with van der Waals surface area (Å²) in [6.45, 7) is 5.04. The van der Waals surface area contributed by atoms with Crippen LogP contribution in [0.15, 0.2) is 29.5 Å². The fourth-order valence-electron chi connectivity index (χ4n) is 5.51. The number of carbonyl (C=O) groups excluding carboxylic acids is 1. The van der Waals surface area contributed by atoms with Crippen molar-refractivity contribution in [1.82, 2.24) is 9.55 Å². The number of amides is 1. The lowest BCUT2D eigenvalue weighted by molar-refractivity contribution is -0.114. The predicted octanol–water partition coefficient (Wildman–Crippen LogP) is 3.34. The van der Waals surface area contributed by atoms with Crippen molar-refractivity contribution >= 4 is 34.0 Å². The molecule has 2 unspecified atom stereocenters. The van der Waals surface area contributed by atoms with E-state index in [4.69, 9.17) is 19.2 Å². The van der Waals surface area contributed by atoms with Gasteiger partial charge >= 0.3 is 0 Å². The van der Waals surface area contributed by atoms with Crippen LogP contribution in [0.2, 0.25) is 0 Å². The Balaban J connectivity index is 1.46. The average molecular weight is 437 g/mol. The molecule has 6 rings (SSSR count). The number of fused-ring (bicyclic) bond motifs is 3. The number of carbonyl (C=O) groups is 1. The van der Waals surface area contributed by atoms with Crippen LogP contribution in [0.1, 0.15) is 44.2 Å². The second-order valence-corrected chi connectivity index (χ2v) is 9.19. The Morgan fingerprint density at radius 1 is 1.25 bits per heavy atom. The van der Waals surface area contributed by atoms with Gasteiger partial charge in [0.1, 0.15) is 11.4 Å². The zero-order valence-corrected chi connectivity index (χ0v) is 18.3. The van der Waals surface area contributed by atoms with Crippen molar-refractivity contribution in [1.29, 1.82) is 0 Å². The van der Waals surface area contributed by atoms with Gasteiger partial charge in [-0.25, -0.2) is 4.98 Å². The van der Waals surface area contributed by atoms with Gasteiger partial charge in [0.15, 0.2) is 0 Å². The summed E-state index contributed by atoms with van der Waals surface area (Å²) in [4.78, 5) is 21.3. The van der Waals surface area contributed by atoms with E-state index in [9.17, 15) is 4.79 Å². The van der Waals surface area contributed by atoms with Crippen molar-refractivity contribution in [2.24, 2.45) is 10.9 Å². The molecule has 0 aliphatic carbocycles. The molecule has 168 valence electrons. The lowest BCUT2D eigenvalue weighted by atomic mass is 9.79. The molecule has 6 heterocycles. The maximum absolute atomic E-state index is 11.6. The summed E-state index contributed by atoms with van der Waals surface area (Å²) in [6.07, 6.45) is 10.1. The summed E-state index contributed by atoms with van der Waals surface area (Å²) in [5.74, 6) is 0.835. The molecule has 0 radical (unpaired) electrons. The smallest absolute Gasteiger partial charge is 0.222 e. The number of nitrogens with zero attached hydrogens (tertiary/aromatic N) is 3. The van der Waals surface area contributed by atoms with E-state index in [2.05, 4.69) is 27.1 Å². The van der Waals surface area contributed by atoms with Gasteiger partial charge in [0.2, 0.25) is 5.91 Å². The van der Waals surface area contributed by atoms with Crippen LogP contribution in [0.25, 0.3) is 16.6 Å². The SMILES string of the molecule is CC(=O)Nc1cc2c(C3=CCC4CCOC5(CCOC5)C4=N3)cn([C@@H]3CCOC3)c2cn1. The summed E-state index contributed by atoms with van der Waals surface area (Å²) >= 11 is 0. The second kappa shape index (κ2) is 7.79. The minimum atomic E-state index is -0.372. The molecule has 2 aromatic heterocycles. The average Bonchev–Trinajstić information content (AvgIpc) is 3.54. The van der Waals surface area contributed by atoms with E-state index >= 15 is 0 Å². The molecule has 3 fully saturated rings. The Bertz CT molecular complexity index is 1120. The van der Waals surface area contributed by atoms with Crippen LogP contribution >= 0.6 is 0 Å². The number of nitrogens with one attached hydrogen (secondary N) is 1.